The summed E-state index contributed by atoms with van der Waals surface area (Å²) in [4.78, 5) is 21.7. The lowest BCUT2D eigenvalue weighted by Gasteiger charge is -2.19. The van der Waals surface area contributed by atoms with E-state index in [-0.39, 0.29) is 26.8 Å². The van der Waals surface area contributed by atoms with Gasteiger partial charge < -0.3 is 0 Å². The minimum absolute atomic E-state index is 0.115. The van der Waals surface area contributed by atoms with Crippen LogP contribution in [0.15, 0.2) is 175 Å². The molecular weight excluding hydrogens is 557 g/mol. The molecule has 7 aromatic rings. The van der Waals surface area contributed by atoms with Crippen molar-refractivity contribution in [1.29, 1.82) is 0 Å². The van der Waals surface area contributed by atoms with Crippen molar-refractivity contribution < 1.29 is 0 Å². The Kier molecular flexibility index (Phi) is 6.07. The summed E-state index contributed by atoms with van der Waals surface area (Å²) in [7, 11) is -0.475. The zero-order valence-electron chi connectivity index (χ0n) is 22.0. The smallest absolute Gasteiger partial charge is 0.204 e. The molecule has 41 heavy (non-hydrogen) atoms. The van der Waals surface area contributed by atoms with Crippen LogP contribution in [-0.2, 0) is 10.9 Å². The van der Waals surface area contributed by atoms with Crippen molar-refractivity contribution in [3.05, 3.63) is 156 Å². The second-order valence-electron chi connectivity index (χ2n) is 9.99. The van der Waals surface area contributed by atoms with E-state index >= 15 is 0 Å². The van der Waals surface area contributed by atoms with Gasteiger partial charge in [0, 0.05) is 10.5 Å². The highest BCUT2D eigenvalue weighted by Gasteiger charge is 2.38. The summed E-state index contributed by atoms with van der Waals surface area (Å²) in [6.07, 6.45) is 0. The molecule has 1 aromatic heterocycles. The van der Waals surface area contributed by atoms with Gasteiger partial charge in [-0.25, -0.2) is 0 Å². The van der Waals surface area contributed by atoms with Crippen molar-refractivity contribution in [2.45, 2.75) is 24.5 Å². The van der Waals surface area contributed by atoms with Crippen LogP contribution in [-0.4, -0.2) is 0 Å². The number of fused-ring (bicyclic) bond motifs is 4. The molecule has 0 aliphatic carbocycles. The van der Waals surface area contributed by atoms with E-state index in [0.717, 1.165) is 31.3 Å². The van der Waals surface area contributed by atoms with Gasteiger partial charge >= 0.3 is 0 Å². The first-order chi connectivity index (χ1) is 20.3. The molecule has 2 heterocycles. The maximum absolute atomic E-state index is 13.8. The molecule has 1 aliphatic heterocycles. The van der Waals surface area contributed by atoms with Crippen LogP contribution in [0.25, 0.3) is 36.2 Å². The molecule has 6 aromatic carbocycles. The van der Waals surface area contributed by atoms with Crippen molar-refractivity contribution in [1.82, 2.24) is 0 Å². The molecule has 0 saturated heterocycles. The summed E-state index contributed by atoms with van der Waals surface area (Å²) in [6.45, 7) is 0. The first kappa shape index (κ1) is 24.7. The minimum atomic E-state index is -0.320. The fourth-order valence-electron chi connectivity index (χ4n) is 5.66. The van der Waals surface area contributed by atoms with Crippen molar-refractivity contribution in [2.24, 2.45) is 0 Å². The summed E-state index contributed by atoms with van der Waals surface area (Å²) in [5.41, 5.74) is 2.33. The van der Waals surface area contributed by atoms with Crippen LogP contribution in [0.3, 0.4) is 0 Å². The number of hydrogen-bond acceptors (Lipinski definition) is 2. The monoisotopic (exact) mass is 580 g/mol. The summed E-state index contributed by atoms with van der Waals surface area (Å²) in [5, 5.41) is 1.63. The van der Waals surface area contributed by atoms with E-state index in [2.05, 4.69) is 121 Å². The van der Waals surface area contributed by atoms with Crippen LogP contribution in [0.5, 0.6) is 0 Å². The molecule has 0 radical (unpaired) electrons. The van der Waals surface area contributed by atoms with Gasteiger partial charge in [-0.05, 0) is 96.1 Å². The zero-order valence-corrected chi connectivity index (χ0v) is 24.4. The normalized spacial score (nSPS) is 14.5. The molecule has 1 nitrogen and oxygen atoms in total. The van der Waals surface area contributed by atoms with Crippen LogP contribution in [0, 0.1) is 0 Å². The van der Waals surface area contributed by atoms with E-state index < -0.39 is 0 Å². The first-order valence-corrected chi connectivity index (χ1v) is 16.8. The molecule has 0 N–H and O–H groups in total. The Hall–Kier alpha value is -4.09. The second-order valence-corrected chi connectivity index (χ2v) is 15.0. The van der Waals surface area contributed by atoms with Crippen LogP contribution in [0.4, 0.5) is 0 Å². The predicted molar refractivity (Wildman–Crippen MR) is 176 cm³/mol. The number of hydrogen-bond donors (Lipinski definition) is 0. The first-order valence-electron chi connectivity index (χ1n) is 13.5. The molecule has 8 rings (SSSR count). The van der Waals surface area contributed by atoms with E-state index in [4.69, 9.17) is 0 Å². The van der Waals surface area contributed by atoms with Crippen LogP contribution >= 0.6 is 22.2 Å². The van der Waals surface area contributed by atoms with Gasteiger partial charge in [0.05, 0.1) is 20.6 Å². The third kappa shape index (κ3) is 4.14. The Morgan fingerprint density at radius 2 is 1.07 bits per heavy atom. The summed E-state index contributed by atoms with van der Waals surface area (Å²) in [5.74, 6) is 0. The summed E-state index contributed by atoms with van der Waals surface area (Å²) < 4.78 is 2.22. The molecule has 2 unspecified atom stereocenters. The van der Waals surface area contributed by atoms with Gasteiger partial charge in [0.1, 0.15) is 10.9 Å². The highest BCUT2D eigenvalue weighted by molar-refractivity contribution is 8.04. The number of benzene rings is 6. The topological polar surface area (TPSA) is 17.1 Å². The quantitative estimate of drug-likeness (QED) is 0.153. The fraction of sp³-hybridized carbons (Fsp3) is 0. The summed E-state index contributed by atoms with van der Waals surface area (Å²) >= 11 is 1.85. The van der Waals surface area contributed by atoms with E-state index in [0.29, 0.717) is 0 Å². The molecule has 0 amide bonds. The van der Waals surface area contributed by atoms with Gasteiger partial charge in [0.25, 0.3) is 0 Å². The average molecular weight is 581 g/mol. The van der Waals surface area contributed by atoms with E-state index in [1.807, 2.05) is 36.0 Å². The second kappa shape index (κ2) is 10.1. The molecule has 4 heteroatoms. The molecule has 2 atom stereocenters. The van der Waals surface area contributed by atoms with Crippen LogP contribution in [0.2, 0.25) is 0 Å². The molecule has 0 fully saturated rings. The molecule has 194 valence electrons. The Morgan fingerprint density at radius 1 is 0.463 bits per heavy atom. The third-order valence-electron chi connectivity index (χ3n) is 7.54. The van der Waals surface area contributed by atoms with E-state index in [9.17, 15) is 4.79 Å². The van der Waals surface area contributed by atoms with Crippen molar-refractivity contribution in [2.75, 3.05) is 0 Å². The lowest BCUT2D eigenvalue weighted by atomic mass is 10.0. The zero-order chi connectivity index (χ0) is 27.3. The van der Waals surface area contributed by atoms with Crippen LogP contribution in [0.1, 0.15) is 0 Å². The van der Waals surface area contributed by atoms with Gasteiger partial charge in [0.2, 0.25) is 5.43 Å². The molecule has 1 aliphatic rings. The summed E-state index contributed by atoms with van der Waals surface area (Å²) in [6, 6.07) is 51.6. The highest BCUT2D eigenvalue weighted by atomic mass is 32.2. The van der Waals surface area contributed by atoms with E-state index in [1.54, 1.807) is 0 Å². The maximum atomic E-state index is 13.8. The SMILES string of the molecule is O=c1c2ccccc2[s+](-c2ccccc2)c2ccc(-c3ccc4c(c3)Sc3ccccc3[S+]4c3ccccc3)cc12. The largest absolute Gasteiger partial charge is 0.288 e. The lowest BCUT2D eigenvalue weighted by molar-refractivity contribution is 1.12. The Morgan fingerprint density at radius 3 is 1.90 bits per heavy atom. The van der Waals surface area contributed by atoms with Gasteiger partial charge in [-0.2, -0.15) is 0 Å². The highest BCUT2D eigenvalue weighted by Crippen LogP contribution is 2.49. The predicted octanol–water partition coefficient (Wildman–Crippen LogP) is 10.3. The van der Waals surface area contributed by atoms with Gasteiger partial charge in [-0.3, -0.25) is 4.79 Å². The Bertz CT molecular complexity index is 2150. The Labute approximate surface area is 248 Å². The fourth-order valence-corrected chi connectivity index (χ4v) is 11.8. The molecular formula is C37H24OS3+2. The van der Waals surface area contributed by atoms with Crippen molar-refractivity contribution >= 4 is 53.3 Å². The lowest BCUT2D eigenvalue weighted by Crippen LogP contribution is -2.11. The van der Waals surface area contributed by atoms with Crippen molar-refractivity contribution in [3.63, 3.8) is 0 Å². The molecule has 0 saturated carbocycles. The number of rotatable bonds is 3. The minimum Gasteiger partial charge on any atom is -0.288 e. The van der Waals surface area contributed by atoms with Gasteiger partial charge in [0.15, 0.2) is 29.0 Å². The van der Waals surface area contributed by atoms with Crippen molar-refractivity contribution in [3.8, 4) is 16.0 Å². The molecule has 0 spiro atoms. The van der Waals surface area contributed by atoms with Crippen LogP contribution < -0.4 is 5.43 Å². The third-order valence-corrected chi connectivity index (χ3v) is 13.6. The maximum Gasteiger partial charge on any atom is 0.204 e. The standard InChI is InChI=1S/C37H24OS3/c38-37-29-15-7-9-17-33(29)40(27-11-3-1-4-12-27)34-21-19-25(23-30(34)37)26-20-22-36-32(24-26)39-31-16-8-10-18-35(31)41(36)28-13-5-2-6-14-28/h1-24H/q+2. The Balaban J connectivity index is 1.31. The van der Waals surface area contributed by atoms with E-state index in [1.165, 1.54) is 29.4 Å². The van der Waals surface area contributed by atoms with Gasteiger partial charge in [-0.1, -0.05) is 72.4 Å². The molecule has 0 bridgehead atoms. The average Bonchev–Trinajstić information content (AvgIpc) is 3.04. The van der Waals surface area contributed by atoms with Gasteiger partial charge in [-0.15, -0.1) is 0 Å².